The molecule has 1 N–H and O–H groups in total. The number of rotatable bonds is 5. The van der Waals surface area contributed by atoms with Crippen LogP contribution in [0.25, 0.3) is 0 Å². The number of fused-ring (bicyclic) bond motifs is 3. The maximum absolute atomic E-state index is 5.77. The predicted molar refractivity (Wildman–Crippen MR) is 73.0 cm³/mol. The van der Waals surface area contributed by atoms with E-state index in [0.29, 0.717) is 0 Å². The molecule has 18 heavy (non-hydrogen) atoms. The van der Waals surface area contributed by atoms with E-state index in [1.807, 2.05) is 35.2 Å². The van der Waals surface area contributed by atoms with Crippen molar-refractivity contribution in [3.05, 3.63) is 30.3 Å². The smallest absolute Gasteiger partial charge is 0.119 e. The van der Waals surface area contributed by atoms with Gasteiger partial charge in [0.15, 0.2) is 0 Å². The summed E-state index contributed by atoms with van der Waals surface area (Å²) in [6, 6.07) is 11.1. The molecule has 2 bridgehead atoms. The summed E-state index contributed by atoms with van der Waals surface area (Å²) in [5, 5.41) is 0. The van der Waals surface area contributed by atoms with Crippen molar-refractivity contribution in [2.75, 3.05) is 19.7 Å². The van der Waals surface area contributed by atoms with Crippen LogP contribution in [0, 0.1) is 5.92 Å². The van der Waals surface area contributed by atoms with Gasteiger partial charge in [-0.1, -0.05) is 18.2 Å². The molecule has 2 heteroatoms. The standard InChI is InChI=1S/C16H23NO/c1-2-6-16(7-3-1)18-12-4-5-15-13-14-8-10-17(15)11-9-14/h1-3,6-7,14-15H,4-5,8-13H2/p+1. The van der Waals surface area contributed by atoms with Crippen LogP contribution in [0.15, 0.2) is 30.3 Å². The molecule has 0 saturated carbocycles. The van der Waals surface area contributed by atoms with Gasteiger partial charge in [0.05, 0.1) is 25.7 Å². The summed E-state index contributed by atoms with van der Waals surface area (Å²) in [7, 11) is 0. The molecule has 3 saturated heterocycles. The maximum atomic E-state index is 5.77. The van der Waals surface area contributed by atoms with E-state index in [-0.39, 0.29) is 0 Å². The van der Waals surface area contributed by atoms with Crippen molar-refractivity contribution in [2.45, 2.75) is 38.1 Å². The van der Waals surface area contributed by atoms with Crippen molar-refractivity contribution >= 4 is 0 Å². The van der Waals surface area contributed by atoms with E-state index in [4.69, 9.17) is 4.74 Å². The van der Waals surface area contributed by atoms with E-state index in [0.717, 1.165) is 24.3 Å². The molecule has 0 aliphatic carbocycles. The SMILES string of the molecule is c1ccc(OCCCC2CC3CC[NH+]2CC3)cc1. The second-order valence-electron chi connectivity index (χ2n) is 5.84. The summed E-state index contributed by atoms with van der Waals surface area (Å²) >= 11 is 0. The van der Waals surface area contributed by atoms with E-state index >= 15 is 0 Å². The highest BCUT2D eigenvalue weighted by Crippen LogP contribution is 2.23. The summed E-state index contributed by atoms with van der Waals surface area (Å²) in [5.74, 6) is 2.05. The molecule has 3 heterocycles. The van der Waals surface area contributed by atoms with Crippen molar-refractivity contribution in [3.8, 4) is 5.75 Å². The number of para-hydroxylation sites is 1. The van der Waals surface area contributed by atoms with E-state index in [2.05, 4.69) is 0 Å². The molecule has 4 rings (SSSR count). The van der Waals surface area contributed by atoms with Gasteiger partial charge >= 0.3 is 0 Å². The van der Waals surface area contributed by atoms with Gasteiger partial charge in [0.1, 0.15) is 5.75 Å². The first-order chi connectivity index (χ1) is 8.92. The average Bonchev–Trinajstić information content (AvgIpc) is 2.46. The van der Waals surface area contributed by atoms with Crippen LogP contribution >= 0.6 is 0 Å². The molecule has 0 radical (unpaired) electrons. The zero-order chi connectivity index (χ0) is 12.2. The van der Waals surface area contributed by atoms with Gasteiger partial charge in [-0.25, -0.2) is 0 Å². The number of piperidine rings is 3. The van der Waals surface area contributed by atoms with Crippen LogP contribution in [0.1, 0.15) is 32.1 Å². The van der Waals surface area contributed by atoms with Crippen LogP contribution in [0.2, 0.25) is 0 Å². The fourth-order valence-corrected chi connectivity index (χ4v) is 3.62. The lowest BCUT2D eigenvalue weighted by Crippen LogP contribution is -3.18. The van der Waals surface area contributed by atoms with Crippen molar-refractivity contribution in [3.63, 3.8) is 0 Å². The highest BCUT2D eigenvalue weighted by atomic mass is 16.5. The monoisotopic (exact) mass is 246 g/mol. The minimum absolute atomic E-state index is 0.873. The Morgan fingerprint density at radius 3 is 2.56 bits per heavy atom. The first-order valence-electron chi connectivity index (χ1n) is 7.44. The van der Waals surface area contributed by atoms with Gasteiger partial charge in [0.2, 0.25) is 0 Å². The third-order valence-electron chi connectivity index (χ3n) is 4.65. The number of hydrogen-bond donors (Lipinski definition) is 1. The quantitative estimate of drug-likeness (QED) is 0.784. The number of hydrogen-bond acceptors (Lipinski definition) is 1. The topological polar surface area (TPSA) is 13.7 Å². The molecular formula is C16H24NO+. The lowest BCUT2D eigenvalue weighted by Gasteiger charge is -2.42. The third-order valence-corrected chi connectivity index (χ3v) is 4.65. The van der Waals surface area contributed by atoms with Crippen LogP contribution in [0.3, 0.4) is 0 Å². The number of benzene rings is 1. The Balaban J connectivity index is 1.38. The largest absolute Gasteiger partial charge is 0.494 e. The summed E-state index contributed by atoms with van der Waals surface area (Å²) in [4.78, 5) is 1.87. The second-order valence-corrected chi connectivity index (χ2v) is 5.84. The molecule has 0 spiro atoms. The summed E-state index contributed by atoms with van der Waals surface area (Å²) < 4.78 is 5.77. The Morgan fingerprint density at radius 1 is 1.11 bits per heavy atom. The molecule has 0 amide bonds. The van der Waals surface area contributed by atoms with Crippen molar-refractivity contribution in [1.82, 2.24) is 0 Å². The molecule has 1 unspecified atom stereocenters. The van der Waals surface area contributed by atoms with E-state index in [9.17, 15) is 0 Å². The molecule has 0 aromatic heterocycles. The van der Waals surface area contributed by atoms with Gasteiger partial charge in [-0.15, -0.1) is 0 Å². The molecular weight excluding hydrogens is 222 g/mol. The average molecular weight is 246 g/mol. The lowest BCUT2D eigenvalue weighted by molar-refractivity contribution is -0.942. The minimum atomic E-state index is 0.873. The Hall–Kier alpha value is -1.02. The molecule has 1 aromatic carbocycles. The zero-order valence-corrected chi connectivity index (χ0v) is 11.1. The van der Waals surface area contributed by atoms with Gasteiger partial charge in [-0.2, -0.15) is 0 Å². The van der Waals surface area contributed by atoms with Crippen LogP contribution in [-0.4, -0.2) is 25.7 Å². The highest BCUT2D eigenvalue weighted by Gasteiger charge is 2.36. The predicted octanol–water partition coefficient (Wildman–Crippen LogP) is 1.91. The number of nitrogens with one attached hydrogen (secondary N) is 1. The van der Waals surface area contributed by atoms with Gasteiger partial charge in [0, 0.05) is 12.8 Å². The van der Waals surface area contributed by atoms with E-state index in [1.54, 1.807) is 0 Å². The molecule has 3 aliphatic heterocycles. The third kappa shape index (κ3) is 2.86. The molecule has 1 aromatic rings. The Kier molecular flexibility index (Phi) is 3.84. The lowest BCUT2D eigenvalue weighted by atomic mass is 9.82. The first-order valence-corrected chi connectivity index (χ1v) is 7.44. The fraction of sp³-hybridized carbons (Fsp3) is 0.625. The summed E-state index contributed by atoms with van der Waals surface area (Å²) in [6.07, 6.45) is 6.98. The zero-order valence-electron chi connectivity index (χ0n) is 11.1. The van der Waals surface area contributed by atoms with E-state index < -0.39 is 0 Å². The molecule has 1 atom stereocenters. The van der Waals surface area contributed by atoms with Gasteiger partial charge < -0.3 is 9.64 Å². The summed E-state index contributed by atoms with van der Waals surface area (Å²) in [5.41, 5.74) is 0. The van der Waals surface area contributed by atoms with Crippen molar-refractivity contribution in [2.24, 2.45) is 5.92 Å². The van der Waals surface area contributed by atoms with Gasteiger partial charge in [-0.05, 0) is 37.3 Å². The van der Waals surface area contributed by atoms with Gasteiger partial charge in [0.25, 0.3) is 0 Å². The van der Waals surface area contributed by atoms with Crippen molar-refractivity contribution in [1.29, 1.82) is 0 Å². The Bertz CT molecular complexity index is 357. The fourth-order valence-electron chi connectivity index (χ4n) is 3.62. The minimum Gasteiger partial charge on any atom is -0.494 e. The number of quaternary nitrogens is 1. The van der Waals surface area contributed by atoms with Crippen LogP contribution < -0.4 is 9.64 Å². The van der Waals surface area contributed by atoms with Crippen molar-refractivity contribution < 1.29 is 9.64 Å². The summed E-state index contributed by atoms with van der Waals surface area (Å²) in [6.45, 7) is 3.72. The first kappa shape index (κ1) is 12.0. The van der Waals surface area contributed by atoms with Crippen LogP contribution in [-0.2, 0) is 0 Å². The van der Waals surface area contributed by atoms with Gasteiger partial charge in [-0.3, -0.25) is 0 Å². The molecule has 98 valence electrons. The van der Waals surface area contributed by atoms with Crippen LogP contribution in [0.5, 0.6) is 5.75 Å². The Morgan fingerprint density at radius 2 is 1.89 bits per heavy atom. The second kappa shape index (κ2) is 5.75. The maximum Gasteiger partial charge on any atom is 0.119 e. The van der Waals surface area contributed by atoms with Crippen LogP contribution in [0.4, 0.5) is 0 Å². The normalized spacial score (nSPS) is 30.3. The molecule has 3 aliphatic rings. The number of ether oxygens (including phenoxy) is 1. The molecule has 2 nitrogen and oxygen atoms in total. The Labute approximate surface area is 110 Å². The molecule has 3 fully saturated rings. The van der Waals surface area contributed by atoms with E-state index in [1.165, 1.54) is 45.2 Å². The highest BCUT2D eigenvalue weighted by molar-refractivity contribution is 5.20.